The zero-order valence-electron chi connectivity index (χ0n) is 18.4. The van der Waals surface area contributed by atoms with Gasteiger partial charge in [0.2, 0.25) is 18.6 Å². The summed E-state index contributed by atoms with van der Waals surface area (Å²) in [4.78, 5) is 37.9. The lowest BCUT2D eigenvalue weighted by Gasteiger charge is -2.28. The van der Waals surface area contributed by atoms with Gasteiger partial charge in [-0.15, -0.1) is 0 Å². The fourth-order valence-corrected chi connectivity index (χ4v) is 4.35. The van der Waals surface area contributed by atoms with Crippen LogP contribution >= 0.6 is 0 Å². The number of hydrogen-bond acceptors (Lipinski definition) is 6. The lowest BCUT2D eigenvalue weighted by atomic mass is 9.99. The molecule has 4 rings (SSSR count). The Bertz CT molecular complexity index is 843. The first-order chi connectivity index (χ1) is 15.5. The number of benzene rings is 1. The molecule has 1 saturated heterocycles. The number of ether oxygens (including phenoxy) is 2. The minimum Gasteiger partial charge on any atom is -0.483 e. The maximum atomic E-state index is 12.9. The fourth-order valence-electron chi connectivity index (χ4n) is 4.35. The van der Waals surface area contributed by atoms with Crippen LogP contribution in [0.4, 0.5) is 0 Å². The number of nitrogens with zero attached hydrogens (tertiary/aromatic N) is 2. The van der Waals surface area contributed by atoms with Gasteiger partial charge in [0.15, 0.2) is 11.5 Å². The molecule has 2 amide bonds. The Morgan fingerprint density at radius 2 is 1.97 bits per heavy atom. The van der Waals surface area contributed by atoms with Gasteiger partial charge in [-0.2, -0.15) is 0 Å². The minimum atomic E-state index is -0.250. The number of carbonyl (C=O) groups excluding carboxylic acids is 2. The highest BCUT2D eigenvalue weighted by atomic mass is 16.7. The molecule has 0 spiro atoms. The molecule has 174 valence electrons. The summed E-state index contributed by atoms with van der Waals surface area (Å²) in [6.45, 7) is 3.01. The van der Waals surface area contributed by atoms with Crippen molar-refractivity contribution in [2.45, 2.75) is 31.7 Å². The van der Waals surface area contributed by atoms with E-state index in [1.165, 1.54) is 0 Å². The molecule has 0 unspecified atom stereocenters. The van der Waals surface area contributed by atoms with Gasteiger partial charge < -0.3 is 29.7 Å². The average molecular weight is 446 g/mol. The van der Waals surface area contributed by atoms with Crippen molar-refractivity contribution >= 4 is 18.3 Å². The van der Waals surface area contributed by atoms with Gasteiger partial charge in [0.05, 0.1) is 12.3 Å². The maximum Gasteiger partial charge on any atom is 0.290 e. The number of likely N-dealkylation sites (N-methyl/N-ethyl adjacent to an activating group) is 1. The molecule has 0 saturated carbocycles. The monoisotopic (exact) mass is 445 g/mol. The molecule has 0 radical (unpaired) electrons. The summed E-state index contributed by atoms with van der Waals surface area (Å²) in [5.74, 6) is 1.65. The van der Waals surface area contributed by atoms with Crippen LogP contribution in [-0.2, 0) is 20.8 Å². The van der Waals surface area contributed by atoms with Gasteiger partial charge in [0.1, 0.15) is 0 Å². The minimum absolute atomic E-state index is 0.00209. The van der Waals surface area contributed by atoms with E-state index in [1.54, 1.807) is 0 Å². The first-order valence-electron chi connectivity index (χ1n) is 10.9. The first-order valence-corrected chi connectivity index (χ1v) is 10.9. The van der Waals surface area contributed by atoms with Crippen LogP contribution in [0.3, 0.4) is 0 Å². The van der Waals surface area contributed by atoms with Crippen LogP contribution in [0.15, 0.2) is 30.4 Å². The van der Waals surface area contributed by atoms with Crippen LogP contribution < -0.4 is 14.8 Å². The van der Waals surface area contributed by atoms with E-state index in [9.17, 15) is 9.59 Å². The number of carboxylic acid groups (broad SMARTS) is 1. The quantitative estimate of drug-likeness (QED) is 0.531. The second-order valence-electron chi connectivity index (χ2n) is 8.27. The summed E-state index contributed by atoms with van der Waals surface area (Å²) in [7, 11) is 2.03. The standard InChI is InChI=1S/C22H29N3O4.CH2O2/c1-24-13-17(22(27)25-9-3-2-4-10-25)6-7-18(14-24)23-21(26)12-16-5-8-19-20(11-16)29-15-28-19;2-1-3/h2-3,5,8,11,17-18H,4,6-7,9-10,12-15H2,1H3,(H,23,26);1H,(H,2,3)/t17-,18+;/m1./s1. The van der Waals surface area contributed by atoms with E-state index in [0.717, 1.165) is 56.8 Å². The highest BCUT2D eigenvalue weighted by molar-refractivity contribution is 5.80. The molecule has 1 aromatic rings. The summed E-state index contributed by atoms with van der Waals surface area (Å²) in [5.41, 5.74) is 0.903. The van der Waals surface area contributed by atoms with E-state index in [2.05, 4.69) is 22.4 Å². The molecule has 9 heteroatoms. The van der Waals surface area contributed by atoms with Crippen molar-refractivity contribution in [3.63, 3.8) is 0 Å². The highest BCUT2D eigenvalue weighted by Crippen LogP contribution is 2.32. The Morgan fingerprint density at radius 1 is 1.19 bits per heavy atom. The largest absolute Gasteiger partial charge is 0.483 e. The number of fused-ring (bicyclic) bond motifs is 1. The SMILES string of the molecule is CN1C[C@@H](NC(=O)Cc2ccc3c(c2)OCO3)CC[C@@H](C(=O)N2CC=CCC2)C1.O=CO. The van der Waals surface area contributed by atoms with Crippen molar-refractivity contribution < 1.29 is 29.0 Å². The predicted octanol–water partition coefficient (Wildman–Crippen LogP) is 1.27. The van der Waals surface area contributed by atoms with Crippen LogP contribution in [0.25, 0.3) is 0 Å². The summed E-state index contributed by atoms with van der Waals surface area (Å²) in [6, 6.07) is 5.66. The zero-order valence-corrected chi connectivity index (χ0v) is 18.4. The number of nitrogens with one attached hydrogen (secondary N) is 1. The molecule has 2 atom stereocenters. The van der Waals surface area contributed by atoms with Crippen molar-refractivity contribution in [1.29, 1.82) is 0 Å². The second-order valence-corrected chi connectivity index (χ2v) is 8.27. The summed E-state index contributed by atoms with van der Waals surface area (Å²) in [6.07, 6.45) is 7.07. The molecular formula is C23H31N3O6. The molecule has 0 aromatic heterocycles. The van der Waals surface area contributed by atoms with Crippen molar-refractivity contribution in [1.82, 2.24) is 15.1 Å². The zero-order chi connectivity index (χ0) is 22.9. The van der Waals surface area contributed by atoms with Crippen molar-refractivity contribution in [3.8, 4) is 11.5 Å². The molecular weight excluding hydrogens is 414 g/mol. The van der Waals surface area contributed by atoms with Gasteiger partial charge in [0.25, 0.3) is 6.47 Å². The van der Waals surface area contributed by atoms with Crippen LogP contribution in [0.5, 0.6) is 11.5 Å². The lowest BCUT2D eigenvalue weighted by molar-refractivity contribution is -0.135. The molecule has 3 heterocycles. The molecule has 1 aromatic carbocycles. The third-order valence-electron chi connectivity index (χ3n) is 5.81. The molecule has 9 nitrogen and oxygen atoms in total. The van der Waals surface area contributed by atoms with Crippen molar-refractivity contribution in [3.05, 3.63) is 35.9 Å². The van der Waals surface area contributed by atoms with E-state index in [-0.39, 0.29) is 37.0 Å². The Kier molecular flexibility index (Phi) is 8.49. The molecule has 1 fully saturated rings. The van der Waals surface area contributed by atoms with Crippen LogP contribution in [-0.4, -0.2) is 79.3 Å². The third-order valence-corrected chi connectivity index (χ3v) is 5.81. The molecule has 3 aliphatic rings. The molecule has 0 aliphatic carbocycles. The Morgan fingerprint density at radius 3 is 2.72 bits per heavy atom. The van der Waals surface area contributed by atoms with Gasteiger partial charge in [-0.25, -0.2) is 0 Å². The van der Waals surface area contributed by atoms with Crippen LogP contribution in [0.1, 0.15) is 24.8 Å². The van der Waals surface area contributed by atoms with E-state index >= 15 is 0 Å². The fraction of sp³-hybridized carbons (Fsp3) is 0.522. The van der Waals surface area contributed by atoms with E-state index < -0.39 is 0 Å². The Balaban J connectivity index is 0.000000913. The number of carbonyl (C=O) groups is 3. The Hall–Kier alpha value is -3.07. The maximum absolute atomic E-state index is 12.9. The highest BCUT2D eigenvalue weighted by Gasteiger charge is 2.30. The van der Waals surface area contributed by atoms with Gasteiger partial charge >= 0.3 is 0 Å². The first kappa shape index (κ1) is 23.6. The number of amides is 2. The van der Waals surface area contributed by atoms with Gasteiger partial charge in [0, 0.05) is 32.2 Å². The molecule has 32 heavy (non-hydrogen) atoms. The molecule has 2 N–H and O–H groups in total. The van der Waals surface area contributed by atoms with E-state index in [4.69, 9.17) is 19.4 Å². The third kappa shape index (κ3) is 6.46. The van der Waals surface area contributed by atoms with Gasteiger partial charge in [-0.05, 0) is 44.0 Å². The predicted molar refractivity (Wildman–Crippen MR) is 117 cm³/mol. The number of hydrogen-bond donors (Lipinski definition) is 2. The summed E-state index contributed by atoms with van der Waals surface area (Å²) < 4.78 is 10.7. The van der Waals surface area contributed by atoms with Crippen LogP contribution in [0, 0.1) is 5.92 Å². The topological polar surface area (TPSA) is 108 Å². The second kappa shape index (κ2) is 11.5. The smallest absolute Gasteiger partial charge is 0.290 e. The Labute approximate surface area is 188 Å². The summed E-state index contributed by atoms with van der Waals surface area (Å²) >= 11 is 0. The van der Waals surface area contributed by atoms with E-state index in [1.807, 2.05) is 30.1 Å². The van der Waals surface area contributed by atoms with Crippen LogP contribution in [0.2, 0.25) is 0 Å². The number of likely N-dealkylation sites (tertiary alicyclic amines) is 1. The lowest BCUT2D eigenvalue weighted by Crippen LogP contribution is -2.43. The molecule has 3 aliphatic heterocycles. The normalized spacial score (nSPS) is 22.3. The average Bonchev–Trinajstić information content (AvgIpc) is 3.17. The van der Waals surface area contributed by atoms with Crippen molar-refractivity contribution in [2.75, 3.05) is 40.0 Å². The summed E-state index contributed by atoms with van der Waals surface area (Å²) in [5, 5.41) is 10.0. The van der Waals surface area contributed by atoms with Gasteiger partial charge in [-0.3, -0.25) is 14.4 Å². The van der Waals surface area contributed by atoms with Gasteiger partial charge in [-0.1, -0.05) is 18.2 Å². The van der Waals surface area contributed by atoms with Crippen molar-refractivity contribution in [2.24, 2.45) is 5.92 Å². The van der Waals surface area contributed by atoms with E-state index in [0.29, 0.717) is 12.2 Å². The molecule has 0 bridgehead atoms. The number of rotatable bonds is 4.